The number of benzene rings is 1. The second-order valence-electron chi connectivity index (χ2n) is 2.67. The van der Waals surface area contributed by atoms with Crippen molar-refractivity contribution in [3.05, 3.63) is 48.4 Å². The van der Waals surface area contributed by atoms with Crippen LogP contribution in [0.15, 0.2) is 41.2 Å². The minimum atomic E-state index is -0.587. The van der Waals surface area contributed by atoms with Gasteiger partial charge in [0.05, 0.1) is 12.5 Å². The molecule has 3 heteroatoms. The van der Waals surface area contributed by atoms with E-state index in [9.17, 15) is 8.78 Å². The zero-order chi connectivity index (χ0) is 9.26. The van der Waals surface area contributed by atoms with Crippen LogP contribution in [0.2, 0.25) is 0 Å². The minimum absolute atomic E-state index is 0.478. The summed E-state index contributed by atoms with van der Waals surface area (Å²) in [6, 6.07) is 5.00. The standard InChI is InChI=1S/C10H6F2O/c11-9-3-8(4-10(12)5-9)7-1-2-13-6-7/h1-6H. The Hall–Kier alpha value is -1.64. The summed E-state index contributed by atoms with van der Waals surface area (Å²) in [6.45, 7) is 0. The monoisotopic (exact) mass is 180 g/mol. The summed E-state index contributed by atoms with van der Waals surface area (Å²) in [5.41, 5.74) is 1.14. The first kappa shape index (κ1) is 7.98. The van der Waals surface area contributed by atoms with Crippen molar-refractivity contribution >= 4 is 0 Å². The van der Waals surface area contributed by atoms with Crippen LogP contribution in [0, 0.1) is 11.6 Å². The lowest BCUT2D eigenvalue weighted by molar-refractivity contribution is 0.567. The summed E-state index contributed by atoms with van der Waals surface area (Å²) in [7, 11) is 0. The maximum atomic E-state index is 12.7. The molecule has 1 aromatic heterocycles. The zero-order valence-corrected chi connectivity index (χ0v) is 6.63. The Balaban J connectivity index is 2.53. The molecule has 0 bridgehead atoms. The van der Waals surface area contributed by atoms with Gasteiger partial charge in [-0.2, -0.15) is 0 Å². The molecule has 66 valence electrons. The highest BCUT2D eigenvalue weighted by molar-refractivity contribution is 5.61. The molecule has 0 aliphatic carbocycles. The summed E-state index contributed by atoms with van der Waals surface area (Å²) in [5, 5.41) is 0. The number of furan rings is 1. The van der Waals surface area contributed by atoms with E-state index in [-0.39, 0.29) is 0 Å². The van der Waals surface area contributed by atoms with Crippen molar-refractivity contribution in [3.8, 4) is 11.1 Å². The summed E-state index contributed by atoms with van der Waals surface area (Å²) >= 11 is 0. The van der Waals surface area contributed by atoms with Gasteiger partial charge in [0, 0.05) is 11.6 Å². The molecule has 1 heterocycles. The van der Waals surface area contributed by atoms with Gasteiger partial charge in [-0.25, -0.2) is 8.78 Å². The maximum Gasteiger partial charge on any atom is 0.126 e. The molecule has 13 heavy (non-hydrogen) atoms. The fourth-order valence-electron chi connectivity index (χ4n) is 1.15. The molecule has 0 radical (unpaired) electrons. The Morgan fingerprint density at radius 3 is 2.15 bits per heavy atom. The van der Waals surface area contributed by atoms with E-state index in [1.165, 1.54) is 24.7 Å². The molecule has 0 aliphatic rings. The quantitative estimate of drug-likeness (QED) is 0.656. The Kier molecular flexibility index (Phi) is 1.85. The van der Waals surface area contributed by atoms with Crippen molar-refractivity contribution in [1.29, 1.82) is 0 Å². The third-order valence-electron chi connectivity index (χ3n) is 1.72. The summed E-state index contributed by atoms with van der Waals surface area (Å²) < 4.78 is 30.3. The van der Waals surface area contributed by atoms with Crippen LogP contribution < -0.4 is 0 Å². The second-order valence-corrected chi connectivity index (χ2v) is 2.67. The van der Waals surface area contributed by atoms with Crippen LogP contribution in [0.1, 0.15) is 0 Å². The molecular weight excluding hydrogens is 174 g/mol. The van der Waals surface area contributed by atoms with Crippen molar-refractivity contribution in [2.24, 2.45) is 0 Å². The SMILES string of the molecule is Fc1cc(F)cc(-c2ccoc2)c1. The van der Waals surface area contributed by atoms with E-state index in [0.29, 0.717) is 11.1 Å². The Morgan fingerprint density at radius 1 is 0.923 bits per heavy atom. The predicted molar refractivity (Wildman–Crippen MR) is 44.1 cm³/mol. The van der Waals surface area contributed by atoms with E-state index < -0.39 is 11.6 Å². The van der Waals surface area contributed by atoms with Crippen LogP contribution >= 0.6 is 0 Å². The summed E-state index contributed by atoms with van der Waals surface area (Å²) in [4.78, 5) is 0. The molecule has 0 fully saturated rings. The van der Waals surface area contributed by atoms with Crippen molar-refractivity contribution in [3.63, 3.8) is 0 Å². The van der Waals surface area contributed by atoms with Gasteiger partial charge in [0.1, 0.15) is 11.6 Å². The van der Waals surface area contributed by atoms with Gasteiger partial charge in [0.15, 0.2) is 0 Å². The van der Waals surface area contributed by atoms with Crippen LogP contribution in [-0.4, -0.2) is 0 Å². The van der Waals surface area contributed by atoms with Gasteiger partial charge in [0.25, 0.3) is 0 Å². The lowest BCUT2D eigenvalue weighted by Gasteiger charge is -1.97. The molecule has 2 rings (SSSR count). The van der Waals surface area contributed by atoms with E-state index in [1.807, 2.05) is 0 Å². The van der Waals surface area contributed by atoms with Gasteiger partial charge < -0.3 is 4.42 Å². The maximum absolute atomic E-state index is 12.7. The van der Waals surface area contributed by atoms with Crippen LogP contribution in [0.3, 0.4) is 0 Å². The number of hydrogen-bond acceptors (Lipinski definition) is 1. The van der Waals surface area contributed by atoms with E-state index in [2.05, 4.69) is 0 Å². The lowest BCUT2D eigenvalue weighted by atomic mass is 10.1. The van der Waals surface area contributed by atoms with Crippen LogP contribution in [0.5, 0.6) is 0 Å². The predicted octanol–water partition coefficient (Wildman–Crippen LogP) is 3.22. The highest BCUT2D eigenvalue weighted by Gasteiger charge is 2.03. The molecule has 0 saturated carbocycles. The lowest BCUT2D eigenvalue weighted by Crippen LogP contribution is -1.81. The van der Waals surface area contributed by atoms with Crippen LogP contribution in [0.4, 0.5) is 8.78 Å². The first-order valence-corrected chi connectivity index (χ1v) is 3.74. The molecular formula is C10H6F2O. The molecule has 0 N–H and O–H groups in total. The van der Waals surface area contributed by atoms with E-state index in [4.69, 9.17) is 4.42 Å². The average molecular weight is 180 g/mol. The van der Waals surface area contributed by atoms with Gasteiger partial charge >= 0.3 is 0 Å². The molecule has 0 amide bonds. The summed E-state index contributed by atoms with van der Waals surface area (Å²) in [5.74, 6) is -1.17. The van der Waals surface area contributed by atoms with Crippen molar-refractivity contribution in [1.82, 2.24) is 0 Å². The molecule has 0 saturated heterocycles. The number of halogens is 2. The second kappa shape index (κ2) is 3.01. The smallest absolute Gasteiger partial charge is 0.126 e. The van der Waals surface area contributed by atoms with E-state index >= 15 is 0 Å². The van der Waals surface area contributed by atoms with E-state index in [1.54, 1.807) is 6.07 Å². The molecule has 2 aromatic rings. The van der Waals surface area contributed by atoms with Gasteiger partial charge in [-0.1, -0.05) is 0 Å². The molecule has 0 aliphatic heterocycles. The van der Waals surface area contributed by atoms with Crippen LogP contribution in [0.25, 0.3) is 11.1 Å². The minimum Gasteiger partial charge on any atom is -0.472 e. The number of hydrogen-bond donors (Lipinski definition) is 0. The van der Waals surface area contributed by atoms with Gasteiger partial charge in [-0.15, -0.1) is 0 Å². The van der Waals surface area contributed by atoms with Crippen molar-refractivity contribution in [2.45, 2.75) is 0 Å². The van der Waals surface area contributed by atoms with Gasteiger partial charge in [-0.3, -0.25) is 0 Å². The largest absolute Gasteiger partial charge is 0.472 e. The Labute approximate surface area is 73.6 Å². The third-order valence-corrected chi connectivity index (χ3v) is 1.72. The molecule has 0 spiro atoms. The first-order chi connectivity index (χ1) is 6.25. The van der Waals surface area contributed by atoms with Crippen molar-refractivity contribution < 1.29 is 13.2 Å². The molecule has 0 unspecified atom stereocenters. The third kappa shape index (κ3) is 1.59. The Bertz CT molecular complexity index is 387. The molecule has 1 aromatic carbocycles. The van der Waals surface area contributed by atoms with E-state index in [0.717, 1.165) is 6.07 Å². The zero-order valence-electron chi connectivity index (χ0n) is 6.63. The highest BCUT2D eigenvalue weighted by Crippen LogP contribution is 2.21. The molecule has 1 nitrogen and oxygen atoms in total. The normalized spacial score (nSPS) is 10.3. The summed E-state index contributed by atoms with van der Waals surface area (Å²) in [6.07, 6.45) is 2.90. The van der Waals surface area contributed by atoms with Crippen LogP contribution in [-0.2, 0) is 0 Å². The average Bonchev–Trinajstić information content (AvgIpc) is 2.53. The topological polar surface area (TPSA) is 13.1 Å². The number of rotatable bonds is 1. The first-order valence-electron chi connectivity index (χ1n) is 3.74. The highest BCUT2D eigenvalue weighted by atomic mass is 19.1. The van der Waals surface area contributed by atoms with Crippen molar-refractivity contribution in [2.75, 3.05) is 0 Å². The fourth-order valence-corrected chi connectivity index (χ4v) is 1.15. The Morgan fingerprint density at radius 2 is 1.62 bits per heavy atom. The molecule has 0 atom stereocenters. The van der Waals surface area contributed by atoms with Gasteiger partial charge in [0.2, 0.25) is 0 Å². The van der Waals surface area contributed by atoms with Gasteiger partial charge in [-0.05, 0) is 23.8 Å². The fraction of sp³-hybridized carbons (Fsp3) is 0.